The molecule has 9 heteroatoms. The van der Waals surface area contributed by atoms with Crippen molar-refractivity contribution in [1.29, 1.82) is 0 Å². The molecule has 0 atom stereocenters. The number of nitrogens with zero attached hydrogens (tertiary/aromatic N) is 3. The minimum atomic E-state index is -0.649. The van der Waals surface area contributed by atoms with Crippen LogP contribution in [0.5, 0.6) is 0 Å². The number of nitrogens with one attached hydrogen (secondary N) is 2. The molecule has 3 rings (SSSR count). The first kappa shape index (κ1) is 19.0. The second kappa shape index (κ2) is 7.87. The number of benzene rings is 2. The van der Waals surface area contributed by atoms with E-state index in [0.717, 1.165) is 21.9 Å². The zero-order valence-corrected chi connectivity index (χ0v) is 15.4. The van der Waals surface area contributed by atoms with Crippen molar-refractivity contribution in [3.63, 3.8) is 0 Å². The van der Waals surface area contributed by atoms with Crippen LogP contribution in [-0.4, -0.2) is 26.8 Å². The molecule has 28 heavy (non-hydrogen) atoms. The molecule has 4 N–H and O–H groups in total. The van der Waals surface area contributed by atoms with Gasteiger partial charge in [-0.15, -0.1) is 5.10 Å². The van der Waals surface area contributed by atoms with Crippen molar-refractivity contribution in [2.45, 2.75) is 20.4 Å². The second-order valence-electron chi connectivity index (χ2n) is 6.24. The van der Waals surface area contributed by atoms with Crippen molar-refractivity contribution >= 4 is 29.0 Å². The van der Waals surface area contributed by atoms with E-state index in [1.807, 2.05) is 26.0 Å². The second-order valence-corrected chi connectivity index (χ2v) is 6.24. The molecular weight excluding hydrogens is 363 g/mol. The van der Waals surface area contributed by atoms with Gasteiger partial charge in [-0.05, 0) is 49.2 Å². The van der Waals surface area contributed by atoms with E-state index in [-0.39, 0.29) is 29.7 Å². The lowest BCUT2D eigenvalue weighted by atomic mass is 10.1. The Hall–Kier alpha value is -3.75. The maximum atomic E-state index is 13.2. The number of hydrogen-bond acceptors (Lipinski definition) is 5. The third kappa shape index (κ3) is 4.14. The first-order chi connectivity index (χ1) is 13.3. The predicted molar refractivity (Wildman–Crippen MR) is 103 cm³/mol. The molecule has 0 aliphatic carbocycles. The van der Waals surface area contributed by atoms with Crippen LogP contribution in [0.1, 0.15) is 21.6 Å². The number of nitrogen functional groups attached to an aromatic ring is 1. The standard InChI is InChI=1S/C19H19FN6O2/c1-11-5-3-8-15(12(11)2)23-16(27)10-26-18(21)17(24-25-26)19(28)22-14-7-4-6-13(20)9-14/h3-9H,10,21H2,1-2H3,(H,22,28)(H,23,27). The summed E-state index contributed by atoms with van der Waals surface area (Å²) in [5.41, 5.74) is 8.71. The Kier molecular flexibility index (Phi) is 5.35. The summed E-state index contributed by atoms with van der Waals surface area (Å²) in [7, 11) is 0. The lowest BCUT2D eigenvalue weighted by Crippen LogP contribution is -2.22. The van der Waals surface area contributed by atoms with Crippen LogP contribution < -0.4 is 16.4 Å². The average Bonchev–Trinajstić information content (AvgIpc) is 2.99. The smallest absolute Gasteiger partial charge is 0.280 e. The van der Waals surface area contributed by atoms with E-state index in [2.05, 4.69) is 20.9 Å². The molecule has 0 aliphatic heterocycles. The molecule has 1 heterocycles. The summed E-state index contributed by atoms with van der Waals surface area (Å²) in [5.74, 6) is -1.56. The fourth-order valence-corrected chi connectivity index (χ4v) is 2.57. The topological polar surface area (TPSA) is 115 Å². The summed E-state index contributed by atoms with van der Waals surface area (Å²) in [6, 6.07) is 11.0. The number of anilines is 3. The zero-order chi connectivity index (χ0) is 20.3. The minimum Gasteiger partial charge on any atom is -0.382 e. The number of carbonyl (C=O) groups excluding carboxylic acids is 2. The first-order valence-electron chi connectivity index (χ1n) is 8.47. The molecule has 8 nitrogen and oxygen atoms in total. The van der Waals surface area contributed by atoms with Gasteiger partial charge in [-0.1, -0.05) is 23.4 Å². The summed E-state index contributed by atoms with van der Waals surface area (Å²) in [6.45, 7) is 3.65. The number of hydrogen-bond donors (Lipinski definition) is 3. The van der Waals surface area contributed by atoms with E-state index >= 15 is 0 Å². The summed E-state index contributed by atoms with van der Waals surface area (Å²) in [5, 5.41) is 12.8. The molecule has 1 aromatic heterocycles. The van der Waals surface area contributed by atoms with E-state index in [0.29, 0.717) is 5.69 Å². The fraction of sp³-hybridized carbons (Fsp3) is 0.158. The summed E-state index contributed by atoms with van der Waals surface area (Å²) < 4.78 is 14.4. The predicted octanol–water partition coefficient (Wildman–Crippen LogP) is 2.51. The van der Waals surface area contributed by atoms with Crippen LogP contribution in [0.3, 0.4) is 0 Å². The fourth-order valence-electron chi connectivity index (χ4n) is 2.57. The van der Waals surface area contributed by atoms with Crippen molar-refractivity contribution in [3.8, 4) is 0 Å². The van der Waals surface area contributed by atoms with Crippen LogP contribution in [0.25, 0.3) is 0 Å². The molecule has 0 saturated heterocycles. The van der Waals surface area contributed by atoms with Gasteiger partial charge in [-0.3, -0.25) is 9.59 Å². The number of carbonyl (C=O) groups is 2. The maximum absolute atomic E-state index is 13.2. The van der Waals surface area contributed by atoms with E-state index < -0.39 is 11.7 Å². The Labute approximate surface area is 160 Å². The van der Waals surface area contributed by atoms with Crippen molar-refractivity contribution in [2.24, 2.45) is 0 Å². The SMILES string of the molecule is Cc1cccc(NC(=O)Cn2nnc(C(=O)Nc3cccc(F)c3)c2N)c1C. The van der Waals surface area contributed by atoms with Gasteiger partial charge in [0.1, 0.15) is 12.4 Å². The molecule has 0 aliphatic rings. The summed E-state index contributed by atoms with van der Waals surface area (Å²) in [6.07, 6.45) is 0. The molecule has 0 spiro atoms. The molecule has 0 unspecified atom stereocenters. The van der Waals surface area contributed by atoms with Crippen LogP contribution >= 0.6 is 0 Å². The van der Waals surface area contributed by atoms with Crippen molar-refractivity contribution in [2.75, 3.05) is 16.4 Å². The van der Waals surface area contributed by atoms with Gasteiger partial charge in [0.15, 0.2) is 11.5 Å². The normalized spacial score (nSPS) is 10.5. The van der Waals surface area contributed by atoms with Gasteiger partial charge in [-0.2, -0.15) is 0 Å². The van der Waals surface area contributed by atoms with E-state index in [4.69, 9.17) is 5.73 Å². The number of rotatable bonds is 5. The van der Waals surface area contributed by atoms with E-state index in [9.17, 15) is 14.0 Å². The number of amides is 2. The molecule has 0 fully saturated rings. The van der Waals surface area contributed by atoms with Gasteiger partial charge in [0.05, 0.1) is 0 Å². The van der Waals surface area contributed by atoms with Crippen molar-refractivity contribution < 1.29 is 14.0 Å². The number of halogens is 1. The Morgan fingerprint density at radius 2 is 1.89 bits per heavy atom. The summed E-state index contributed by atoms with van der Waals surface area (Å²) in [4.78, 5) is 24.6. The highest BCUT2D eigenvalue weighted by Crippen LogP contribution is 2.18. The Morgan fingerprint density at radius 1 is 1.14 bits per heavy atom. The Bertz CT molecular complexity index is 1050. The molecular formula is C19H19FN6O2. The molecule has 0 saturated carbocycles. The van der Waals surface area contributed by atoms with Crippen LogP contribution in [0, 0.1) is 19.7 Å². The quantitative estimate of drug-likeness (QED) is 0.627. The molecule has 0 bridgehead atoms. The number of aromatic nitrogens is 3. The highest BCUT2D eigenvalue weighted by Gasteiger charge is 2.19. The van der Waals surface area contributed by atoms with Gasteiger partial charge in [0.2, 0.25) is 5.91 Å². The van der Waals surface area contributed by atoms with Gasteiger partial charge in [0.25, 0.3) is 5.91 Å². The highest BCUT2D eigenvalue weighted by atomic mass is 19.1. The number of aryl methyl sites for hydroxylation is 1. The molecule has 3 aromatic rings. The van der Waals surface area contributed by atoms with Crippen LogP contribution in [0.2, 0.25) is 0 Å². The maximum Gasteiger partial charge on any atom is 0.280 e. The van der Waals surface area contributed by atoms with Gasteiger partial charge in [0, 0.05) is 11.4 Å². The molecule has 144 valence electrons. The van der Waals surface area contributed by atoms with Gasteiger partial charge in [-0.25, -0.2) is 9.07 Å². The largest absolute Gasteiger partial charge is 0.382 e. The average molecular weight is 382 g/mol. The third-order valence-electron chi connectivity index (χ3n) is 4.24. The third-order valence-corrected chi connectivity index (χ3v) is 4.24. The Morgan fingerprint density at radius 3 is 2.64 bits per heavy atom. The van der Waals surface area contributed by atoms with Gasteiger partial charge >= 0.3 is 0 Å². The van der Waals surface area contributed by atoms with Crippen LogP contribution in [0.15, 0.2) is 42.5 Å². The first-order valence-corrected chi connectivity index (χ1v) is 8.47. The lowest BCUT2D eigenvalue weighted by molar-refractivity contribution is -0.116. The van der Waals surface area contributed by atoms with Crippen molar-refractivity contribution in [1.82, 2.24) is 15.0 Å². The molecule has 2 aromatic carbocycles. The minimum absolute atomic E-state index is 0.0648. The highest BCUT2D eigenvalue weighted by molar-refractivity contribution is 6.05. The number of nitrogens with two attached hydrogens (primary N) is 1. The zero-order valence-electron chi connectivity index (χ0n) is 15.4. The van der Waals surface area contributed by atoms with Crippen molar-refractivity contribution in [3.05, 3.63) is 65.1 Å². The van der Waals surface area contributed by atoms with Crippen LogP contribution in [0.4, 0.5) is 21.6 Å². The van der Waals surface area contributed by atoms with Gasteiger partial charge < -0.3 is 16.4 Å². The monoisotopic (exact) mass is 382 g/mol. The lowest BCUT2D eigenvalue weighted by Gasteiger charge is -2.10. The molecule has 0 radical (unpaired) electrons. The molecule has 2 amide bonds. The van der Waals surface area contributed by atoms with E-state index in [1.165, 1.54) is 18.2 Å². The summed E-state index contributed by atoms with van der Waals surface area (Å²) >= 11 is 0. The van der Waals surface area contributed by atoms with E-state index in [1.54, 1.807) is 6.07 Å². The Balaban J connectivity index is 1.69. The van der Waals surface area contributed by atoms with Crippen LogP contribution in [-0.2, 0) is 11.3 Å².